The van der Waals surface area contributed by atoms with Crippen LogP contribution in [0.3, 0.4) is 0 Å². The highest BCUT2D eigenvalue weighted by atomic mass is 16.4. The number of hydrogen-bond donors (Lipinski definition) is 3. The second-order valence-corrected chi connectivity index (χ2v) is 6.96. The van der Waals surface area contributed by atoms with Crippen molar-refractivity contribution in [3.05, 3.63) is 89.5 Å². The minimum atomic E-state index is -1.11. The third-order valence-electron chi connectivity index (χ3n) is 4.76. The topological polar surface area (TPSA) is 151 Å². The van der Waals surface area contributed by atoms with E-state index in [-0.39, 0.29) is 34.2 Å². The van der Waals surface area contributed by atoms with Crippen LogP contribution in [0.5, 0.6) is 0 Å². The van der Waals surface area contributed by atoms with Crippen LogP contribution in [-0.2, 0) is 0 Å². The van der Waals surface area contributed by atoms with Crippen LogP contribution in [0.15, 0.2) is 72.8 Å². The maximum atomic E-state index is 11.4. The van der Waals surface area contributed by atoms with Gasteiger partial charge in [-0.15, -0.1) is 0 Å². The molecule has 3 N–H and O–H groups in total. The maximum absolute atomic E-state index is 11.4. The van der Waals surface area contributed by atoms with E-state index in [0.717, 1.165) is 0 Å². The van der Waals surface area contributed by atoms with Crippen LogP contribution in [0.4, 0.5) is 0 Å². The number of carboxylic acids is 3. The molecule has 1 heterocycles. The van der Waals surface area contributed by atoms with Crippen LogP contribution in [-0.4, -0.2) is 48.2 Å². The van der Waals surface area contributed by atoms with Crippen LogP contribution in [0.1, 0.15) is 31.1 Å². The Labute approximate surface area is 186 Å². The molecule has 0 saturated carbocycles. The van der Waals surface area contributed by atoms with Crippen molar-refractivity contribution >= 4 is 17.9 Å². The van der Waals surface area contributed by atoms with E-state index in [1.165, 1.54) is 36.4 Å². The Balaban J connectivity index is 1.90. The van der Waals surface area contributed by atoms with Gasteiger partial charge in [0.25, 0.3) is 0 Å². The first-order valence-electron chi connectivity index (χ1n) is 9.59. The Bertz CT molecular complexity index is 1320. The molecule has 0 aliphatic carbocycles. The zero-order valence-corrected chi connectivity index (χ0v) is 16.8. The molecule has 0 saturated heterocycles. The van der Waals surface area contributed by atoms with Crippen molar-refractivity contribution in [3.8, 4) is 34.2 Å². The number of aromatic carboxylic acids is 3. The lowest BCUT2D eigenvalue weighted by atomic mass is 10.1. The smallest absolute Gasteiger partial charge is 0.335 e. The van der Waals surface area contributed by atoms with Crippen molar-refractivity contribution in [1.29, 1.82) is 0 Å². The van der Waals surface area contributed by atoms with Gasteiger partial charge in [-0.3, -0.25) is 0 Å². The average molecular weight is 441 g/mol. The van der Waals surface area contributed by atoms with Crippen molar-refractivity contribution in [2.45, 2.75) is 0 Å². The number of aromatic nitrogens is 3. The summed E-state index contributed by atoms with van der Waals surface area (Å²) in [5, 5.41) is 27.8. The van der Waals surface area contributed by atoms with Crippen LogP contribution < -0.4 is 0 Å². The molecule has 0 aliphatic heterocycles. The molecule has 0 radical (unpaired) electrons. The Morgan fingerprint density at radius 2 is 0.879 bits per heavy atom. The molecule has 0 bridgehead atoms. The molecule has 9 nitrogen and oxygen atoms in total. The van der Waals surface area contributed by atoms with Gasteiger partial charge in [-0.1, -0.05) is 36.4 Å². The Morgan fingerprint density at radius 3 is 1.27 bits per heavy atom. The highest BCUT2D eigenvalue weighted by Gasteiger charge is 2.15. The first-order chi connectivity index (χ1) is 15.8. The third-order valence-corrected chi connectivity index (χ3v) is 4.76. The van der Waals surface area contributed by atoms with Gasteiger partial charge in [0.05, 0.1) is 16.7 Å². The molecule has 162 valence electrons. The first kappa shape index (κ1) is 21.3. The van der Waals surface area contributed by atoms with Crippen molar-refractivity contribution in [2.75, 3.05) is 0 Å². The van der Waals surface area contributed by atoms with Crippen molar-refractivity contribution in [3.63, 3.8) is 0 Å². The molecule has 0 atom stereocenters. The van der Waals surface area contributed by atoms with Gasteiger partial charge in [-0.2, -0.15) is 0 Å². The fourth-order valence-corrected chi connectivity index (χ4v) is 3.11. The second-order valence-electron chi connectivity index (χ2n) is 6.96. The van der Waals surface area contributed by atoms with Crippen LogP contribution >= 0.6 is 0 Å². The van der Waals surface area contributed by atoms with Crippen molar-refractivity contribution in [2.24, 2.45) is 0 Å². The molecule has 0 unspecified atom stereocenters. The Kier molecular flexibility index (Phi) is 5.60. The molecule has 33 heavy (non-hydrogen) atoms. The van der Waals surface area contributed by atoms with E-state index >= 15 is 0 Å². The number of hydrogen-bond acceptors (Lipinski definition) is 6. The number of nitrogens with zero attached hydrogens (tertiary/aromatic N) is 3. The lowest BCUT2D eigenvalue weighted by molar-refractivity contribution is 0.0686. The standard InChI is InChI=1S/C24H15N3O6/c28-22(29)14-9-7-13(8-10-14)19-25-20(15-3-1-5-17(11-15)23(30)31)27-21(26-19)16-4-2-6-18(12-16)24(32)33/h1-12H,(H,28,29)(H,30,31)(H,32,33). The molecule has 1 aromatic heterocycles. The summed E-state index contributed by atoms with van der Waals surface area (Å²) in [6, 6.07) is 18.1. The van der Waals surface area contributed by atoms with Gasteiger partial charge in [-0.25, -0.2) is 29.3 Å². The fourth-order valence-electron chi connectivity index (χ4n) is 3.11. The van der Waals surface area contributed by atoms with E-state index in [1.807, 2.05) is 0 Å². The molecule has 4 rings (SSSR count). The van der Waals surface area contributed by atoms with Gasteiger partial charge >= 0.3 is 17.9 Å². The molecule has 0 aliphatic rings. The number of carboxylic acid groups (broad SMARTS) is 3. The van der Waals surface area contributed by atoms with Gasteiger partial charge in [0.15, 0.2) is 17.5 Å². The van der Waals surface area contributed by atoms with Gasteiger partial charge in [0, 0.05) is 16.7 Å². The molecular weight excluding hydrogens is 426 g/mol. The van der Waals surface area contributed by atoms with E-state index in [4.69, 9.17) is 5.11 Å². The van der Waals surface area contributed by atoms with Crippen molar-refractivity contribution < 1.29 is 29.7 Å². The maximum Gasteiger partial charge on any atom is 0.335 e. The average Bonchev–Trinajstić information content (AvgIpc) is 2.84. The summed E-state index contributed by atoms with van der Waals surface area (Å²) in [5.74, 6) is -2.71. The predicted octanol–water partition coefficient (Wildman–Crippen LogP) is 3.97. The summed E-state index contributed by atoms with van der Waals surface area (Å²) in [5.41, 5.74) is 1.56. The van der Waals surface area contributed by atoms with E-state index in [2.05, 4.69) is 15.0 Å². The lowest BCUT2D eigenvalue weighted by Gasteiger charge is -2.09. The van der Waals surface area contributed by atoms with Gasteiger partial charge < -0.3 is 15.3 Å². The van der Waals surface area contributed by atoms with Crippen molar-refractivity contribution in [1.82, 2.24) is 15.0 Å². The minimum Gasteiger partial charge on any atom is -0.478 e. The normalized spacial score (nSPS) is 10.5. The SMILES string of the molecule is O=C(O)c1ccc(-c2nc(-c3cccc(C(=O)O)c3)nc(-c3cccc(C(=O)O)c3)n2)cc1. The Hall–Kier alpha value is -4.92. The lowest BCUT2D eigenvalue weighted by Crippen LogP contribution is -2.03. The molecule has 0 amide bonds. The van der Waals surface area contributed by atoms with E-state index in [1.54, 1.807) is 36.4 Å². The number of carbonyl (C=O) groups is 3. The molecule has 0 fully saturated rings. The second kappa shape index (κ2) is 8.67. The molecule has 9 heteroatoms. The summed E-state index contributed by atoms with van der Waals surface area (Å²) in [6.45, 7) is 0. The van der Waals surface area contributed by atoms with E-state index in [9.17, 15) is 24.6 Å². The third kappa shape index (κ3) is 4.57. The monoisotopic (exact) mass is 441 g/mol. The van der Waals surface area contributed by atoms with E-state index in [0.29, 0.717) is 16.7 Å². The fraction of sp³-hybridized carbons (Fsp3) is 0. The molecule has 3 aromatic carbocycles. The summed E-state index contributed by atoms with van der Waals surface area (Å²) in [4.78, 5) is 47.3. The minimum absolute atomic E-state index is 0.0506. The molecule has 4 aromatic rings. The first-order valence-corrected chi connectivity index (χ1v) is 9.59. The highest BCUT2D eigenvalue weighted by molar-refractivity contribution is 5.90. The van der Waals surface area contributed by atoms with Gasteiger partial charge in [0.1, 0.15) is 0 Å². The van der Waals surface area contributed by atoms with Gasteiger partial charge in [-0.05, 0) is 36.4 Å². The van der Waals surface area contributed by atoms with Gasteiger partial charge in [0.2, 0.25) is 0 Å². The largest absolute Gasteiger partial charge is 0.478 e. The van der Waals surface area contributed by atoms with Crippen LogP contribution in [0.25, 0.3) is 34.2 Å². The highest BCUT2D eigenvalue weighted by Crippen LogP contribution is 2.26. The van der Waals surface area contributed by atoms with Crippen LogP contribution in [0.2, 0.25) is 0 Å². The molecular formula is C24H15N3O6. The molecule has 0 spiro atoms. The zero-order chi connectivity index (χ0) is 23.5. The number of benzene rings is 3. The summed E-state index contributed by atoms with van der Waals surface area (Å²) in [7, 11) is 0. The number of rotatable bonds is 6. The summed E-state index contributed by atoms with van der Waals surface area (Å²) in [6.07, 6.45) is 0. The summed E-state index contributed by atoms with van der Waals surface area (Å²) < 4.78 is 0. The van der Waals surface area contributed by atoms with E-state index < -0.39 is 17.9 Å². The zero-order valence-electron chi connectivity index (χ0n) is 16.8. The summed E-state index contributed by atoms with van der Waals surface area (Å²) >= 11 is 0. The van der Waals surface area contributed by atoms with Crippen LogP contribution in [0, 0.1) is 0 Å². The Morgan fingerprint density at radius 1 is 0.485 bits per heavy atom. The quantitative estimate of drug-likeness (QED) is 0.404. The predicted molar refractivity (Wildman–Crippen MR) is 117 cm³/mol.